The Balaban J connectivity index is 1.85. The molecule has 2 heteroatoms. The van der Waals surface area contributed by atoms with Crippen molar-refractivity contribution in [1.82, 2.24) is 5.32 Å². The molecular weight excluding hydrogens is 238 g/mol. The quantitative estimate of drug-likeness (QED) is 0.862. The molecule has 1 heterocycles. The summed E-state index contributed by atoms with van der Waals surface area (Å²) in [5, 5.41) is 5.84. The second-order valence-electron chi connectivity index (χ2n) is 5.25. The molecule has 1 saturated carbocycles. The molecule has 0 bridgehead atoms. The molecule has 18 heavy (non-hydrogen) atoms. The summed E-state index contributed by atoms with van der Waals surface area (Å²) in [6, 6.07) is 9.88. The highest BCUT2D eigenvalue weighted by molar-refractivity contribution is 7.10. The third kappa shape index (κ3) is 2.65. The average molecular weight is 257 g/mol. The van der Waals surface area contributed by atoms with E-state index in [-0.39, 0.29) is 0 Å². The van der Waals surface area contributed by atoms with Crippen LogP contribution in [0.15, 0.2) is 29.6 Å². The van der Waals surface area contributed by atoms with Gasteiger partial charge in [-0.3, -0.25) is 0 Å². The third-order valence-corrected chi connectivity index (χ3v) is 4.38. The molecule has 0 saturated heterocycles. The van der Waals surface area contributed by atoms with Crippen LogP contribution in [0.5, 0.6) is 0 Å². The second kappa shape index (κ2) is 4.87. The Bertz CT molecular complexity index is 552. The van der Waals surface area contributed by atoms with E-state index < -0.39 is 0 Å². The molecule has 0 radical (unpaired) electrons. The van der Waals surface area contributed by atoms with Gasteiger partial charge in [0.15, 0.2) is 0 Å². The van der Waals surface area contributed by atoms with Gasteiger partial charge in [0.25, 0.3) is 0 Å². The lowest BCUT2D eigenvalue weighted by atomic mass is 10.00. The van der Waals surface area contributed by atoms with Crippen LogP contribution in [-0.2, 0) is 6.54 Å². The molecule has 0 amide bonds. The number of benzene rings is 1. The highest BCUT2D eigenvalue weighted by Gasteiger charge is 2.20. The Morgan fingerprint density at radius 3 is 2.72 bits per heavy atom. The second-order valence-corrected chi connectivity index (χ2v) is 6.37. The lowest BCUT2D eigenvalue weighted by Crippen LogP contribution is -2.15. The largest absolute Gasteiger partial charge is 0.310 e. The zero-order valence-corrected chi connectivity index (χ0v) is 11.8. The van der Waals surface area contributed by atoms with E-state index in [2.05, 4.69) is 48.8 Å². The average Bonchev–Trinajstić information content (AvgIpc) is 3.10. The lowest BCUT2D eigenvalue weighted by molar-refractivity contribution is 0.688. The zero-order valence-electron chi connectivity index (χ0n) is 11.0. The van der Waals surface area contributed by atoms with Crippen LogP contribution < -0.4 is 5.32 Å². The highest BCUT2D eigenvalue weighted by atomic mass is 32.1. The molecule has 1 aromatic heterocycles. The number of aryl methyl sites for hydroxylation is 2. The van der Waals surface area contributed by atoms with Crippen LogP contribution in [0.4, 0.5) is 0 Å². The summed E-state index contributed by atoms with van der Waals surface area (Å²) < 4.78 is 0. The highest BCUT2D eigenvalue weighted by Crippen LogP contribution is 2.29. The van der Waals surface area contributed by atoms with E-state index >= 15 is 0 Å². The number of hydrogen-bond donors (Lipinski definition) is 1. The van der Waals surface area contributed by atoms with Crippen molar-refractivity contribution in [1.29, 1.82) is 0 Å². The molecule has 3 rings (SSSR count). The van der Waals surface area contributed by atoms with E-state index in [0.717, 1.165) is 12.6 Å². The van der Waals surface area contributed by atoms with Crippen LogP contribution in [0, 0.1) is 13.8 Å². The Hall–Kier alpha value is -1.12. The summed E-state index contributed by atoms with van der Waals surface area (Å²) in [6.07, 6.45) is 2.70. The topological polar surface area (TPSA) is 12.0 Å². The fourth-order valence-electron chi connectivity index (χ4n) is 2.22. The van der Waals surface area contributed by atoms with Crippen molar-refractivity contribution >= 4 is 11.3 Å². The third-order valence-electron chi connectivity index (χ3n) is 3.52. The number of thiophene rings is 1. The van der Waals surface area contributed by atoms with Crippen molar-refractivity contribution in [3.05, 3.63) is 45.6 Å². The Morgan fingerprint density at radius 2 is 2.06 bits per heavy atom. The Labute approximate surface area is 113 Å². The molecule has 0 unspecified atom stereocenters. The number of rotatable bonds is 4. The standard InChI is InChI=1S/C16H19NS/c1-11-3-4-13(9-17-15-5-6-15)8-16(11)14-7-12(2)18-10-14/h3-4,7-8,10,15,17H,5-6,9H2,1-2H3. The maximum Gasteiger partial charge on any atom is 0.0208 e. The van der Waals surface area contributed by atoms with Crippen LogP contribution in [0.3, 0.4) is 0 Å². The van der Waals surface area contributed by atoms with Crippen molar-refractivity contribution in [2.45, 2.75) is 39.3 Å². The SMILES string of the molecule is Cc1cc(-c2cc(CNC3CC3)ccc2C)cs1. The number of hydrogen-bond acceptors (Lipinski definition) is 2. The van der Waals surface area contributed by atoms with Gasteiger partial charge < -0.3 is 5.32 Å². The van der Waals surface area contributed by atoms with Gasteiger partial charge in [-0.1, -0.05) is 12.1 Å². The van der Waals surface area contributed by atoms with E-state index in [1.807, 2.05) is 11.3 Å². The first-order valence-corrected chi connectivity index (χ1v) is 7.49. The van der Waals surface area contributed by atoms with Crippen LogP contribution >= 0.6 is 11.3 Å². The normalized spacial score (nSPS) is 15.0. The number of nitrogens with one attached hydrogen (secondary N) is 1. The summed E-state index contributed by atoms with van der Waals surface area (Å²) in [6.45, 7) is 5.36. The molecule has 1 nitrogen and oxygen atoms in total. The first kappa shape index (κ1) is 11.9. The lowest BCUT2D eigenvalue weighted by Gasteiger charge is -2.08. The molecule has 1 N–H and O–H groups in total. The summed E-state index contributed by atoms with van der Waals surface area (Å²) in [7, 11) is 0. The van der Waals surface area contributed by atoms with Gasteiger partial charge >= 0.3 is 0 Å². The van der Waals surface area contributed by atoms with Gasteiger partial charge in [-0.25, -0.2) is 0 Å². The van der Waals surface area contributed by atoms with E-state index in [0.29, 0.717) is 0 Å². The minimum Gasteiger partial charge on any atom is -0.310 e. The van der Waals surface area contributed by atoms with Crippen LogP contribution in [-0.4, -0.2) is 6.04 Å². The Kier molecular flexibility index (Phi) is 3.23. The summed E-state index contributed by atoms with van der Waals surface area (Å²) in [4.78, 5) is 1.38. The first-order chi connectivity index (χ1) is 8.72. The van der Waals surface area contributed by atoms with Crippen LogP contribution in [0.1, 0.15) is 28.8 Å². The van der Waals surface area contributed by atoms with Gasteiger partial charge in [0.05, 0.1) is 0 Å². The van der Waals surface area contributed by atoms with Crippen molar-refractivity contribution in [2.24, 2.45) is 0 Å². The molecule has 1 aromatic carbocycles. The summed E-state index contributed by atoms with van der Waals surface area (Å²) >= 11 is 1.83. The predicted octanol–water partition coefficient (Wildman–Crippen LogP) is 4.28. The van der Waals surface area contributed by atoms with E-state index in [9.17, 15) is 0 Å². The molecular formula is C16H19NS. The van der Waals surface area contributed by atoms with Gasteiger partial charge in [-0.15, -0.1) is 11.3 Å². The molecule has 0 atom stereocenters. The molecule has 0 aliphatic heterocycles. The van der Waals surface area contributed by atoms with Gasteiger partial charge in [0, 0.05) is 17.5 Å². The van der Waals surface area contributed by atoms with Crippen LogP contribution in [0.2, 0.25) is 0 Å². The molecule has 1 aliphatic rings. The molecule has 0 spiro atoms. The predicted molar refractivity (Wildman–Crippen MR) is 79.1 cm³/mol. The van der Waals surface area contributed by atoms with E-state index in [1.54, 1.807) is 0 Å². The minimum atomic E-state index is 0.776. The minimum absolute atomic E-state index is 0.776. The van der Waals surface area contributed by atoms with Gasteiger partial charge in [-0.05, 0) is 66.5 Å². The van der Waals surface area contributed by atoms with Crippen molar-refractivity contribution < 1.29 is 0 Å². The Morgan fingerprint density at radius 1 is 1.22 bits per heavy atom. The zero-order chi connectivity index (χ0) is 12.5. The molecule has 94 valence electrons. The molecule has 1 fully saturated rings. The van der Waals surface area contributed by atoms with E-state index in [4.69, 9.17) is 0 Å². The summed E-state index contributed by atoms with van der Waals surface area (Å²) in [5.41, 5.74) is 5.51. The fourth-order valence-corrected chi connectivity index (χ4v) is 2.93. The smallest absolute Gasteiger partial charge is 0.0208 e. The fraction of sp³-hybridized carbons (Fsp3) is 0.375. The molecule has 2 aromatic rings. The van der Waals surface area contributed by atoms with Gasteiger partial charge in [-0.2, -0.15) is 0 Å². The summed E-state index contributed by atoms with van der Waals surface area (Å²) in [5.74, 6) is 0. The monoisotopic (exact) mass is 257 g/mol. The maximum absolute atomic E-state index is 3.58. The first-order valence-electron chi connectivity index (χ1n) is 6.61. The molecule has 1 aliphatic carbocycles. The van der Waals surface area contributed by atoms with Gasteiger partial charge in [0.2, 0.25) is 0 Å². The van der Waals surface area contributed by atoms with Gasteiger partial charge in [0.1, 0.15) is 0 Å². The van der Waals surface area contributed by atoms with Crippen molar-refractivity contribution in [3.63, 3.8) is 0 Å². The van der Waals surface area contributed by atoms with E-state index in [1.165, 1.54) is 40.0 Å². The van der Waals surface area contributed by atoms with Crippen LogP contribution in [0.25, 0.3) is 11.1 Å². The van der Waals surface area contributed by atoms with Crippen molar-refractivity contribution in [3.8, 4) is 11.1 Å². The van der Waals surface area contributed by atoms with Crippen molar-refractivity contribution in [2.75, 3.05) is 0 Å². The maximum atomic E-state index is 3.58.